The minimum Gasteiger partial charge on any atom is -0.462 e. The second-order valence-electron chi connectivity index (χ2n) is 5.25. The van der Waals surface area contributed by atoms with Crippen LogP contribution in [0, 0.1) is 6.92 Å². The normalized spacial score (nSPS) is 10.8. The SMILES string of the molecule is CCCCCc1c(C(=O)OCC)c(C)nc2ccccc12. The maximum absolute atomic E-state index is 12.3. The van der Waals surface area contributed by atoms with E-state index in [1.165, 1.54) is 0 Å². The second kappa shape index (κ2) is 7.21. The molecular weight excluding hydrogens is 262 g/mol. The average molecular weight is 285 g/mol. The Bertz CT molecular complexity index is 634. The van der Waals surface area contributed by atoms with Crippen LogP contribution >= 0.6 is 0 Å². The van der Waals surface area contributed by atoms with Gasteiger partial charge in [0.15, 0.2) is 0 Å². The number of benzene rings is 1. The van der Waals surface area contributed by atoms with Crippen molar-refractivity contribution in [1.29, 1.82) is 0 Å². The highest BCUT2D eigenvalue weighted by Crippen LogP contribution is 2.26. The number of ether oxygens (including phenoxy) is 1. The van der Waals surface area contributed by atoms with Crippen LogP contribution in [0.3, 0.4) is 0 Å². The van der Waals surface area contributed by atoms with Gasteiger partial charge in [-0.05, 0) is 38.3 Å². The number of fused-ring (bicyclic) bond motifs is 1. The summed E-state index contributed by atoms with van der Waals surface area (Å²) < 4.78 is 5.23. The van der Waals surface area contributed by atoms with Gasteiger partial charge in [-0.3, -0.25) is 4.98 Å². The van der Waals surface area contributed by atoms with E-state index in [2.05, 4.69) is 11.9 Å². The molecule has 0 aliphatic heterocycles. The quantitative estimate of drug-likeness (QED) is 0.581. The molecule has 0 radical (unpaired) electrons. The third kappa shape index (κ3) is 3.41. The maximum Gasteiger partial charge on any atom is 0.340 e. The number of hydrogen-bond donors (Lipinski definition) is 0. The summed E-state index contributed by atoms with van der Waals surface area (Å²) in [5.41, 5.74) is 3.46. The number of aromatic nitrogens is 1. The number of carbonyl (C=O) groups is 1. The molecule has 0 aliphatic carbocycles. The summed E-state index contributed by atoms with van der Waals surface area (Å²) in [7, 11) is 0. The highest BCUT2D eigenvalue weighted by molar-refractivity contribution is 5.98. The molecule has 1 aromatic heterocycles. The standard InChI is InChI=1S/C18H23NO2/c1-4-6-7-11-15-14-10-8-9-12-16(14)19-13(3)17(15)18(20)21-5-2/h8-10,12H,4-7,11H2,1-3H3. The Morgan fingerprint density at radius 1 is 1.19 bits per heavy atom. The minimum absolute atomic E-state index is 0.250. The van der Waals surface area contributed by atoms with E-state index in [9.17, 15) is 4.79 Å². The van der Waals surface area contributed by atoms with Gasteiger partial charge in [-0.15, -0.1) is 0 Å². The van der Waals surface area contributed by atoms with E-state index in [1.807, 2.05) is 38.1 Å². The van der Waals surface area contributed by atoms with Crippen molar-refractivity contribution < 1.29 is 9.53 Å². The molecule has 0 saturated heterocycles. The molecule has 3 nitrogen and oxygen atoms in total. The number of carbonyl (C=O) groups excluding carboxylic acids is 1. The lowest BCUT2D eigenvalue weighted by Crippen LogP contribution is -2.12. The van der Waals surface area contributed by atoms with Gasteiger partial charge >= 0.3 is 5.97 Å². The van der Waals surface area contributed by atoms with Crippen molar-refractivity contribution >= 4 is 16.9 Å². The predicted molar refractivity (Wildman–Crippen MR) is 85.7 cm³/mol. The molecular formula is C18H23NO2. The lowest BCUT2D eigenvalue weighted by atomic mass is 9.96. The molecule has 0 bridgehead atoms. The van der Waals surface area contributed by atoms with Crippen LogP contribution < -0.4 is 0 Å². The fraction of sp³-hybridized carbons (Fsp3) is 0.444. The second-order valence-corrected chi connectivity index (χ2v) is 5.25. The zero-order valence-electron chi connectivity index (χ0n) is 13.1. The van der Waals surface area contributed by atoms with E-state index in [0.29, 0.717) is 12.2 Å². The molecule has 0 atom stereocenters. The number of unbranched alkanes of at least 4 members (excludes halogenated alkanes) is 2. The Morgan fingerprint density at radius 2 is 1.95 bits per heavy atom. The summed E-state index contributed by atoms with van der Waals surface area (Å²) in [5.74, 6) is -0.250. The third-order valence-electron chi connectivity index (χ3n) is 3.69. The highest BCUT2D eigenvalue weighted by atomic mass is 16.5. The summed E-state index contributed by atoms with van der Waals surface area (Å²) in [6, 6.07) is 8.03. The number of pyridine rings is 1. The van der Waals surface area contributed by atoms with E-state index in [1.54, 1.807) is 0 Å². The first-order valence-electron chi connectivity index (χ1n) is 7.74. The molecule has 0 N–H and O–H groups in total. The summed E-state index contributed by atoms with van der Waals surface area (Å²) >= 11 is 0. The van der Waals surface area contributed by atoms with E-state index < -0.39 is 0 Å². The van der Waals surface area contributed by atoms with Gasteiger partial charge < -0.3 is 4.74 Å². The van der Waals surface area contributed by atoms with Crippen LogP contribution in [0.15, 0.2) is 24.3 Å². The van der Waals surface area contributed by atoms with Crippen LogP contribution in [0.5, 0.6) is 0 Å². The molecule has 0 saturated carbocycles. The molecule has 0 unspecified atom stereocenters. The zero-order valence-corrected chi connectivity index (χ0v) is 13.1. The van der Waals surface area contributed by atoms with E-state index >= 15 is 0 Å². The summed E-state index contributed by atoms with van der Waals surface area (Å²) in [6.45, 7) is 6.29. The average Bonchev–Trinajstić information content (AvgIpc) is 2.47. The molecule has 3 heteroatoms. The Balaban J connectivity index is 2.55. The molecule has 112 valence electrons. The zero-order chi connectivity index (χ0) is 15.2. The number of para-hydroxylation sites is 1. The third-order valence-corrected chi connectivity index (χ3v) is 3.69. The fourth-order valence-corrected chi connectivity index (χ4v) is 2.70. The highest BCUT2D eigenvalue weighted by Gasteiger charge is 2.19. The molecule has 0 spiro atoms. The number of aryl methyl sites for hydroxylation is 2. The summed E-state index contributed by atoms with van der Waals surface area (Å²) in [5, 5.41) is 1.07. The Labute approximate surface area is 126 Å². The van der Waals surface area contributed by atoms with Crippen LogP contribution in [-0.4, -0.2) is 17.6 Å². The van der Waals surface area contributed by atoms with Crippen molar-refractivity contribution in [3.8, 4) is 0 Å². The van der Waals surface area contributed by atoms with Gasteiger partial charge in [0, 0.05) is 5.39 Å². The number of nitrogens with zero attached hydrogens (tertiary/aromatic N) is 1. The van der Waals surface area contributed by atoms with Gasteiger partial charge in [0.2, 0.25) is 0 Å². The summed E-state index contributed by atoms with van der Waals surface area (Å²) in [6.07, 6.45) is 4.30. The topological polar surface area (TPSA) is 39.2 Å². The molecule has 1 aromatic carbocycles. The molecule has 1 heterocycles. The van der Waals surface area contributed by atoms with Gasteiger partial charge in [0.25, 0.3) is 0 Å². The summed E-state index contributed by atoms with van der Waals surface area (Å²) in [4.78, 5) is 16.9. The van der Waals surface area contributed by atoms with Gasteiger partial charge in [-0.25, -0.2) is 4.79 Å². The molecule has 2 aromatic rings. The molecule has 0 amide bonds. The van der Waals surface area contributed by atoms with E-state index in [4.69, 9.17) is 4.74 Å². The van der Waals surface area contributed by atoms with E-state index in [0.717, 1.165) is 47.8 Å². The first-order chi connectivity index (χ1) is 10.2. The largest absolute Gasteiger partial charge is 0.462 e. The van der Waals surface area contributed by atoms with Gasteiger partial charge in [0.1, 0.15) is 0 Å². The van der Waals surface area contributed by atoms with Crippen molar-refractivity contribution in [2.75, 3.05) is 6.61 Å². The monoisotopic (exact) mass is 285 g/mol. The molecule has 0 fully saturated rings. The van der Waals surface area contributed by atoms with Crippen LogP contribution in [-0.2, 0) is 11.2 Å². The minimum atomic E-state index is -0.250. The molecule has 21 heavy (non-hydrogen) atoms. The fourth-order valence-electron chi connectivity index (χ4n) is 2.70. The molecule has 2 rings (SSSR count). The predicted octanol–water partition coefficient (Wildman–Crippen LogP) is 4.45. The van der Waals surface area contributed by atoms with Crippen molar-refractivity contribution in [1.82, 2.24) is 4.98 Å². The van der Waals surface area contributed by atoms with Crippen LogP contribution in [0.2, 0.25) is 0 Å². The number of hydrogen-bond acceptors (Lipinski definition) is 3. The lowest BCUT2D eigenvalue weighted by molar-refractivity contribution is 0.0524. The first-order valence-corrected chi connectivity index (χ1v) is 7.74. The van der Waals surface area contributed by atoms with Crippen LogP contribution in [0.25, 0.3) is 10.9 Å². The van der Waals surface area contributed by atoms with Gasteiger partial charge in [-0.1, -0.05) is 38.0 Å². The smallest absolute Gasteiger partial charge is 0.340 e. The van der Waals surface area contributed by atoms with Gasteiger partial charge in [0.05, 0.1) is 23.4 Å². The van der Waals surface area contributed by atoms with Crippen molar-refractivity contribution in [2.24, 2.45) is 0 Å². The Hall–Kier alpha value is -1.90. The van der Waals surface area contributed by atoms with Gasteiger partial charge in [-0.2, -0.15) is 0 Å². The molecule has 0 aliphatic rings. The Morgan fingerprint density at radius 3 is 2.67 bits per heavy atom. The number of rotatable bonds is 6. The first kappa shape index (κ1) is 15.5. The van der Waals surface area contributed by atoms with E-state index in [-0.39, 0.29) is 5.97 Å². The van der Waals surface area contributed by atoms with Crippen LogP contribution in [0.4, 0.5) is 0 Å². The lowest BCUT2D eigenvalue weighted by Gasteiger charge is -2.14. The maximum atomic E-state index is 12.3. The Kier molecular flexibility index (Phi) is 5.32. The van der Waals surface area contributed by atoms with Crippen molar-refractivity contribution in [2.45, 2.75) is 46.5 Å². The van der Waals surface area contributed by atoms with Crippen LogP contribution in [0.1, 0.15) is 54.7 Å². The van der Waals surface area contributed by atoms with Crippen molar-refractivity contribution in [3.05, 3.63) is 41.1 Å². The number of esters is 1. The van der Waals surface area contributed by atoms with Crippen molar-refractivity contribution in [3.63, 3.8) is 0 Å².